The molecule has 0 radical (unpaired) electrons. The molecule has 1 unspecified atom stereocenters. The second kappa shape index (κ2) is 11.1. The molecule has 2 aromatic rings. The predicted octanol–water partition coefficient (Wildman–Crippen LogP) is 5.63. The maximum absolute atomic E-state index is 13.4. The van der Waals surface area contributed by atoms with E-state index in [1.165, 1.54) is 11.1 Å². The van der Waals surface area contributed by atoms with Crippen molar-refractivity contribution in [3.63, 3.8) is 0 Å². The summed E-state index contributed by atoms with van der Waals surface area (Å²) >= 11 is 6.40. The summed E-state index contributed by atoms with van der Waals surface area (Å²) in [4.78, 5) is 15.8. The van der Waals surface area contributed by atoms with E-state index in [-0.39, 0.29) is 29.3 Å². The van der Waals surface area contributed by atoms with Gasteiger partial charge in [0.05, 0.1) is 18.4 Å². The van der Waals surface area contributed by atoms with Crippen LogP contribution in [0.15, 0.2) is 36.4 Å². The van der Waals surface area contributed by atoms with Crippen LogP contribution in [0.4, 0.5) is 5.69 Å². The van der Waals surface area contributed by atoms with Crippen molar-refractivity contribution in [2.75, 3.05) is 30.3 Å². The fraction of sp³-hybridized carbons (Fsp3) is 0.576. The van der Waals surface area contributed by atoms with Crippen LogP contribution in [0, 0.1) is 23.7 Å². The summed E-state index contributed by atoms with van der Waals surface area (Å²) in [5.41, 5.74) is 3.73. The molecule has 8 heteroatoms. The fourth-order valence-electron chi connectivity index (χ4n) is 8.03. The number of fused-ring (bicyclic) bond motifs is 4. The Kier molecular flexibility index (Phi) is 7.84. The molecule has 4 aliphatic rings. The lowest BCUT2D eigenvalue weighted by Crippen LogP contribution is -2.49. The lowest BCUT2D eigenvalue weighted by atomic mass is 9.67. The van der Waals surface area contributed by atoms with Gasteiger partial charge in [0.25, 0.3) is 5.91 Å². The molecule has 6 rings (SSSR count). The van der Waals surface area contributed by atoms with Gasteiger partial charge < -0.3 is 14.7 Å². The standard InChI is InChI=1S/C33H43ClN2O4S/c1-21-13-22(2)18-41(3,39)35-32(38)24-7-11-31-29(16-24)36(17-25-6-9-27(25)30(37)14-21)19-33(20-40-31)12-4-5-23-15-26(34)8-10-28(23)33/h7-8,10-11,15-16,21-22,25,27,30,37H,3-6,9,12-14,17-20H2,1-2H3,(H,35,38,39)/t21-,22-,25-,27+,30+,33-,41?/m0/s1. The second-order valence-corrected chi connectivity index (χ2v) is 16.0. The van der Waals surface area contributed by atoms with Gasteiger partial charge in [-0.15, -0.1) is 0 Å². The Balaban J connectivity index is 1.41. The third kappa shape index (κ3) is 5.87. The van der Waals surface area contributed by atoms with Gasteiger partial charge >= 0.3 is 0 Å². The normalized spacial score (nSPS) is 35.8. The Bertz CT molecular complexity index is 1430. The van der Waals surface area contributed by atoms with E-state index in [9.17, 15) is 14.1 Å². The van der Waals surface area contributed by atoms with E-state index in [1.54, 1.807) is 6.07 Å². The van der Waals surface area contributed by atoms with Crippen LogP contribution >= 0.6 is 11.6 Å². The molecule has 1 spiro atoms. The van der Waals surface area contributed by atoms with E-state index in [1.807, 2.05) is 18.2 Å². The first-order valence-corrected chi connectivity index (χ1v) is 17.5. The quantitative estimate of drug-likeness (QED) is 0.385. The van der Waals surface area contributed by atoms with Gasteiger partial charge in [-0.05, 0) is 116 Å². The highest BCUT2D eigenvalue weighted by Gasteiger charge is 2.44. The molecule has 2 heterocycles. The van der Waals surface area contributed by atoms with Gasteiger partial charge in [-0.3, -0.25) is 9.52 Å². The van der Waals surface area contributed by atoms with Crippen LogP contribution in [0.25, 0.3) is 0 Å². The van der Waals surface area contributed by atoms with Crippen molar-refractivity contribution in [2.45, 2.75) is 70.3 Å². The van der Waals surface area contributed by atoms with E-state index in [2.05, 4.69) is 41.5 Å². The van der Waals surface area contributed by atoms with Crippen LogP contribution in [-0.2, 0) is 21.5 Å². The zero-order valence-electron chi connectivity index (χ0n) is 24.2. The van der Waals surface area contributed by atoms with E-state index in [0.29, 0.717) is 29.8 Å². The summed E-state index contributed by atoms with van der Waals surface area (Å²) < 4.78 is 22.7. The van der Waals surface area contributed by atoms with Crippen molar-refractivity contribution in [1.29, 1.82) is 0 Å². The van der Waals surface area contributed by atoms with Crippen molar-refractivity contribution in [3.8, 4) is 5.75 Å². The van der Waals surface area contributed by atoms with Gasteiger partial charge in [-0.1, -0.05) is 31.5 Å². The molecule has 2 aliphatic carbocycles. The molecule has 6 nitrogen and oxygen atoms in total. The van der Waals surface area contributed by atoms with Crippen LogP contribution < -0.4 is 14.4 Å². The highest BCUT2D eigenvalue weighted by molar-refractivity contribution is 7.99. The Morgan fingerprint density at radius 2 is 1.98 bits per heavy atom. The van der Waals surface area contributed by atoms with Crippen LogP contribution in [0.5, 0.6) is 5.75 Å². The van der Waals surface area contributed by atoms with E-state index < -0.39 is 9.71 Å². The number of halogens is 1. The predicted molar refractivity (Wildman–Crippen MR) is 168 cm³/mol. The zero-order chi connectivity index (χ0) is 28.9. The number of aryl methyl sites for hydroxylation is 1. The molecule has 7 atom stereocenters. The number of benzene rings is 2. The first-order valence-electron chi connectivity index (χ1n) is 15.2. The number of nitrogens with zero attached hydrogens (tertiary/aromatic N) is 1. The number of hydrogen-bond acceptors (Lipinski definition) is 5. The number of anilines is 1. The van der Waals surface area contributed by atoms with Crippen molar-refractivity contribution in [3.05, 3.63) is 58.1 Å². The van der Waals surface area contributed by atoms with Gasteiger partial charge in [0.1, 0.15) is 5.75 Å². The number of ether oxygens (including phenoxy) is 1. The van der Waals surface area contributed by atoms with Gasteiger partial charge in [0.2, 0.25) is 0 Å². The van der Waals surface area contributed by atoms with Crippen molar-refractivity contribution < 1.29 is 18.8 Å². The number of amides is 1. The minimum Gasteiger partial charge on any atom is -0.490 e. The summed E-state index contributed by atoms with van der Waals surface area (Å²) in [5, 5.41) is 12.1. The largest absolute Gasteiger partial charge is 0.490 e. The van der Waals surface area contributed by atoms with E-state index in [4.69, 9.17) is 16.3 Å². The summed E-state index contributed by atoms with van der Waals surface area (Å²) in [6.07, 6.45) is 6.42. The monoisotopic (exact) mass is 598 g/mol. The first-order chi connectivity index (χ1) is 19.5. The number of aliphatic hydroxyl groups is 1. The number of rotatable bonds is 0. The zero-order valence-corrected chi connectivity index (χ0v) is 25.8. The van der Waals surface area contributed by atoms with Crippen LogP contribution in [0.1, 0.15) is 73.9 Å². The van der Waals surface area contributed by atoms with Crippen molar-refractivity contribution in [2.24, 2.45) is 23.7 Å². The third-order valence-electron chi connectivity index (χ3n) is 10.0. The summed E-state index contributed by atoms with van der Waals surface area (Å²) in [6.45, 7) is 6.33. The number of carbonyl (C=O) groups excluding carboxylic acids is 1. The highest BCUT2D eigenvalue weighted by Crippen LogP contribution is 2.47. The lowest BCUT2D eigenvalue weighted by Gasteiger charge is -2.46. The van der Waals surface area contributed by atoms with Crippen molar-refractivity contribution >= 4 is 38.8 Å². The van der Waals surface area contributed by atoms with Gasteiger partial charge in [0.15, 0.2) is 0 Å². The van der Waals surface area contributed by atoms with Gasteiger partial charge in [-0.25, -0.2) is 4.21 Å². The lowest BCUT2D eigenvalue weighted by molar-refractivity contribution is 0.000594. The Hall–Kier alpha value is -2.22. The molecule has 1 saturated carbocycles. The third-order valence-corrected chi connectivity index (χ3v) is 11.9. The summed E-state index contributed by atoms with van der Waals surface area (Å²) in [7, 11) is -2.82. The molecule has 1 amide bonds. The molecule has 2 aromatic carbocycles. The average Bonchev–Trinajstić information content (AvgIpc) is 3.02. The topological polar surface area (TPSA) is 78.9 Å². The molecule has 222 valence electrons. The van der Waals surface area contributed by atoms with Crippen LogP contribution in [0.2, 0.25) is 5.02 Å². The first kappa shape index (κ1) is 28.9. The van der Waals surface area contributed by atoms with Gasteiger partial charge in [-0.2, -0.15) is 0 Å². The second-order valence-electron chi connectivity index (χ2n) is 13.4. The molecule has 2 N–H and O–H groups in total. The number of nitrogens with one attached hydrogen (secondary N) is 1. The maximum atomic E-state index is 13.4. The minimum absolute atomic E-state index is 0.118. The molecular formula is C33H43ClN2O4S. The molecule has 2 aliphatic heterocycles. The molecule has 0 aromatic heterocycles. The van der Waals surface area contributed by atoms with Crippen molar-refractivity contribution in [1.82, 2.24) is 4.72 Å². The SMILES string of the molecule is C=S1(=O)C[C@@H](C)C[C@H](C)C[C@@H](O)[C@@H]2CC[C@H]2CN2C[C@@]3(CCCc4cc(Cl)ccc43)COc3ccc(cc32)C(=O)N1. The number of hydrogen-bond donors (Lipinski definition) is 2. The van der Waals surface area contributed by atoms with Crippen LogP contribution in [0.3, 0.4) is 0 Å². The molecule has 41 heavy (non-hydrogen) atoms. The number of aliphatic hydroxyl groups excluding tert-OH is 1. The van der Waals surface area contributed by atoms with E-state index >= 15 is 0 Å². The van der Waals surface area contributed by atoms with Crippen LogP contribution in [-0.4, -0.2) is 52.6 Å². The Morgan fingerprint density at radius 1 is 1.15 bits per heavy atom. The Labute approximate surface area is 249 Å². The molecule has 2 bridgehead atoms. The minimum atomic E-state index is -2.82. The average molecular weight is 599 g/mol. The highest BCUT2D eigenvalue weighted by atomic mass is 35.5. The fourth-order valence-corrected chi connectivity index (χ4v) is 9.82. The summed E-state index contributed by atoms with van der Waals surface area (Å²) in [6, 6.07) is 11.8. The summed E-state index contributed by atoms with van der Waals surface area (Å²) in [5.74, 6) is 5.65. The molecular weight excluding hydrogens is 556 g/mol. The maximum Gasteiger partial charge on any atom is 0.262 e. The van der Waals surface area contributed by atoms with E-state index in [0.717, 1.165) is 74.5 Å². The Morgan fingerprint density at radius 3 is 2.76 bits per heavy atom. The smallest absolute Gasteiger partial charge is 0.262 e. The molecule has 0 saturated heterocycles. The number of carbonyl (C=O) groups is 1. The van der Waals surface area contributed by atoms with Gasteiger partial charge in [0, 0.05) is 44.6 Å². The molecule has 1 fully saturated rings.